The van der Waals surface area contributed by atoms with E-state index < -0.39 is 47.1 Å². The summed E-state index contributed by atoms with van der Waals surface area (Å²) in [6.45, 7) is 16.1. The molecule has 0 saturated carbocycles. The lowest BCUT2D eigenvalue weighted by Gasteiger charge is -2.30. The van der Waals surface area contributed by atoms with Crippen molar-refractivity contribution in [2.24, 2.45) is 11.8 Å². The average molecular weight is 481 g/mol. The van der Waals surface area contributed by atoms with E-state index in [2.05, 4.69) is 22.5 Å². The van der Waals surface area contributed by atoms with Crippen molar-refractivity contribution in [3.05, 3.63) is 12.7 Å². The van der Waals surface area contributed by atoms with E-state index in [1.54, 1.807) is 20.8 Å². The highest BCUT2D eigenvalue weighted by molar-refractivity contribution is 5.98. The quantitative estimate of drug-likeness (QED) is 0.287. The number of esters is 1. The van der Waals surface area contributed by atoms with Crippen LogP contribution in [0.25, 0.3) is 0 Å². The van der Waals surface area contributed by atoms with Gasteiger partial charge in [-0.05, 0) is 45.4 Å². The van der Waals surface area contributed by atoms with Crippen molar-refractivity contribution in [1.82, 2.24) is 16.0 Å². The fourth-order valence-electron chi connectivity index (χ4n) is 3.10. The molecule has 0 aliphatic heterocycles. The van der Waals surface area contributed by atoms with Crippen molar-refractivity contribution in [1.29, 1.82) is 5.26 Å². The maximum absolute atomic E-state index is 13.2. The van der Waals surface area contributed by atoms with Crippen LogP contribution in [-0.2, 0) is 23.9 Å². The molecule has 0 aliphatic carbocycles. The van der Waals surface area contributed by atoms with E-state index in [4.69, 9.17) is 9.47 Å². The number of nitrogens with one attached hydrogen (secondary N) is 3. The first kappa shape index (κ1) is 30.9. The van der Waals surface area contributed by atoms with Crippen molar-refractivity contribution < 1.29 is 28.7 Å². The summed E-state index contributed by atoms with van der Waals surface area (Å²) < 4.78 is 10.00. The lowest BCUT2D eigenvalue weighted by Crippen LogP contribution is -2.63. The first-order chi connectivity index (χ1) is 15.6. The number of nitrogens with zero attached hydrogens (tertiary/aromatic N) is 1. The van der Waals surface area contributed by atoms with Gasteiger partial charge in [0.05, 0.1) is 7.11 Å². The monoisotopic (exact) mass is 480 g/mol. The van der Waals surface area contributed by atoms with Gasteiger partial charge in [0.15, 0.2) is 0 Å². The van der Waals surface area contributed by atoms with Crippen LogP contribution in [0.2, 0.25) is 0 Å². The third-order valence-corrected chi connectivity index (χ3v) is 4.58. The minimum absolute atomic E-state index is 0.00477. The Morgan fingerprint density at radius 2 is 1.53 bits per heavy atom. The molecule has 0 fully saturated rings. The highest BCUT2D eigenvalue weighted by Crippen LogP contribution is 2.16. The normalized spacial score (nSPS) is 14.7. The molecule has 0 bridgehead atoms. The second-order valence-electron chi connectivity index (χ2n) is 10.0. The lowest BCUT2D eigenvalue weighted by molar-refractivity contribution is -0.146. The summed E-state index contributed by atoms with van der Waals surface area (Å²) in [6.07, 6.45) is 0.805. The number of methoxy groups -OCH3 is 1. The number of hydrogen-bond donors (Lipinski definition) is 3. The molecule has 3 N–H and O–H groups in total. The summed E-state index contributed by atoms with van der Waals surface area (Å²) in [5.41, 5.74) is -2.83. The lowest BCUT2D eigenvalue weighted by atomic mass is 9.93. The fraction of sp³-hybridized carbons (Fsp3) is 0.708. The molecular weight excluding hydrogens is 440 g/mol. The Morgan fingerprint density at radius 1 is 1.00 bits per heavy atom. The predicted octanol–water partition coefficient (Wildman–Crippen LogP) is 2.58. The molecule has 0 heterocycles. The van der Waals surface area contributed by atoms with Crippen LogP contribution in [0.5, 0.6) is 0 Å². The number of alkyl carbamates (subject to hydrolysis) is 1. The van der Waals surface area contributed by atoms with Crippen molar-refractivity contribution in [3.8, 4) is 6.07 Å². The van der Waals surface area contributed by atoms with Crippen LogP contribution >= 0.6 is 0 Å². The molecule has 0 aromatic rings. The second kappa shape index (κ2) is 13.6. The molecule has 192 valence electrons. The molecule has 0 aliphatic rings. The maximum Gasteiger partial charge on any atom is 0.408 e. The van der Waals surface area contributed by atoms with E-state index >= 15 is 0 Å². The SMILES string of the molecule is C=CCC(C#N)(NC(=O)[C@H](CC(C)C)NC(=O)OC(C)(C)C)C(=O)N[C@@H](CC(C)C)C(=O)OC. The molecular formula is C24H40N4O6. The van der Waals surface area contributed by atoms with Crippen LogP contribution in [0.4, 0.5) is 4.79 Å². The zero-order chi connectivity index (χ0) is 26.7. The number of ether oxygens (including phenoxy) is 2. The summed E-state index contributed by atoms with van der Waals surface area (Å²) >= 11 is 0. The van der Waals surface area contributed by atoms with Gasteiger partial charge in [-0.1, -0.05) is 33.8 Å². The van der Waals surface area contributed by atoms with Gasteiger partial charge in [-0.2, -0.15) is 5.26 Å². The van der Waals surface area contributed by atoms with Gasteiger partial charge in [0.25, 0.3) is 5.91 Å². The van der Waals surface area contributed by atoms with Crippen molar-refractivity contribution in [3.63, 3.8) is 0 Å². The van der Waals surface area contributed by atoms with Crippen LogP contribution in [0.1, 0.15) is 67.7 Å². The van der Waals surface area contributed by atoms with Crippen molar-refractivity contribution >= 4 is 23.9 Å². The van der Waals surface area contributed by atoms with Gasteiger partial charge in [0.2, 0.25) is 11.4 Å². The molecule has 3 amide bonds. The number of rotatable bonds is 12. The van der Waals surface area contributed by atoms with E-state index in [0.29, 0.717) is 0 Å². The first-order valence-electron chi connectivity index (χ1n) is 11.3. The van der Waals surface area contributed by atoms with E-state index in [1.165, 1.54) is 13.2 Å². The van der Waals surface area contributed by atoms with Gasteiger partial charge in [-0.15, -0.1) is 6.58 Å². The van der Waals surface area contributed by atoms with Crippen LogP contribution < -0.4 is 16.0 Å². The molecule has 0 spiro atoms. The summed E-state index contributed by atoms with van der Waals surface area (Å²) in [7, 11) is 1.20. The Hall–Kier alpha value is -3.09. The zero-order valence-corrected chi connectivity index (χ0v) is 21.6. The summed E-state index contributed by atoms with van der Waals surface area (Å²) in [5.74, 6) is -2.23. The van der Waals surface area contributed by atoms with Crippen molar-refractivity contribution in [2.45, 2.75) is 91.0 Å². The number of nitriles is 1. The molecule has 10 heteroatoms. The first-order valence-corrected chi connectivity index (χ1v) is 11.3. The number of hydrogen-bond acceptors (Lipinski definition) is 7. The number of carbonyl (C=O) groups is 4. The molecule has 3 atom stereocenters. The molecule has 0 saturated heterocycles. The van der Waals surface area contributed by atoms with Crippen LogP contribution in [0.15, 0.2) is 12.7 Å². The highest BCUT2D eigenvalue weighted by Gasteiger charge is 2.43. The van der Waals surface area contributed by atoms with E-state index in [9.17, 15) is 24.4 Å². The standard InChI is InChI=1S/C24H40N4O6/c1-10-11-24(14-25,21(31)26-18(13-16(4)5)20(30)33-9)28-19(29)17(12-15(2)3)27-22(32)34-23(6,7)8/h10,15-18H,1,11-13H2,2-9H3,(H,26,31)(H,27,32)(H,28,29)/t17-,18-,24?/m0/s1. The minimum Gasteiger partial charge on any atom is -0.467 e. The number of carbonyl (C=O) groups excluding carboxylic acids is 4. The molecule has 0 aromatic carbocycles. The van der Waals surface area contributed by atoms with Gasteiger partial charge in [-0.25, -0.2) is 9.59 Å². The Bertz CT molecular complexity index is 781. The molecule has 0 rings (SSSR count). The van der Waals surface area contributed by atoms with Gasteiger partial charge in [0.1, 0.15) is 23.8 Å². The summed E-state index contributed by atoms with van der Waals surface area (Å²) in [5, 5.41) is 17.4. The molecule has 1 unspecified atom stereocenters. The van der Waals surface area contributed by atoms with E-state index in [-0.39, 0.29) is 31.1 Å². The fourth-order valence-corrected chi connectivity index (χ4v) is 3.10. The summed E-state index contributed by atoms with van der Waals surface area (Å²) in [6, 6.07) is -0.213. The van der Waals surface area contributed by atoms with Crippen LogP contribution in [0, 0.1) is 23.2 Å². The van der Waals surface area contributed by atoms with Crippen molar-refractivity contribution in [2.75, 3.05) is 7.11 Å². The molecule has 0 aromatic heterocycles. The second-order valence-corrected chi connectivity index (χ2v) is 10.0. The van der Waals surface area contributed by atoms with Gasteiger partial charge >= 0.3 is 12.1 Å². The topological polar surface area (TPSA) is 147 Å². The van der Waals surface area contributed by atoms with Gasteiger partial charge in [-0.3, -0.25) is 9.59 Å². The third kappa shape index (κ3) is 10.7. The predicted molar refractivity (Wildman–Crippen MR) is 127 cm³/mol. The zero-order valence-electron chi connectivity index (χ0n) is 21.6. The Balaban J connectivity index is 5.90. The summed E-state index contributed by atoms with van der Waals surface area (Å²) in [4.78, 5) is 50.8. The largest absolute Gasteiger partial charge is 0.467 e. The highest BCUT2D eigenvalue weighted by atomic mass is 16.6. The molecule has 10 nitrogen and oxygen atoms in total. The Morgan fingerprint density at radius 3 is 1.94 bits per heavy atom. The Labute approximate surface area is 202 Å². The van der Waals surface area contributed by atoms with Crippen LogP contribution in [-0.4, -0.2) is 54.2 Å². The van der Waals surface area contributed by atoms with Gasteiger partial charge < -0.3 is 25.4 Å². The van der Waals surface area contributed by atoms with E-state index in [0.717, 1.165) is 0 Å². The van der Waals surface area contributed by atoms with Gasteiger partial charge in [0, 0.05) is 6.42 Å². The minimum atomic E-state index is -2.05. The smallest absolute Gasteiger partial charge is 0.408 e. The number of amides is 3. The molecule has 0 radical (unpaired) electrons. The average Bonchev–Trinajstić information content (AvgIpc) is 2.69. The van der Waals surface area contributed by atoms with Crippen LogP contribution in [0.3, 0.4) is 0 Å². The van der Waals surface area contributed by atoms with E-state index in [1.807, 2.05) is 33.8 Å². The third-order valence-electron chi connectivity index (χ3n) is 4.58. The Kier molecular flexibility index (Phi) is 12.3. The molecule has 34 heavy (non-hydrogen) atoms. The maximum atomic E-state index is 13.2.